The van der Waals surface area contributed by atoms with Crippen LogP contribution in [0.15, 0.2) is 54.6 Å². The number of hydrogen-bond donors (Lipinski definition) is 0. The second-order valence-electron chi connectivity index (χ2n) is 6.20. The third-order valence-electron chi connectivity index (χ3n) is 4.27. The minimum atomic E-state index is -4.11. The minimum absolute atomic E-state index is 0.322. The highest BCUT2D eigenvalue weighted by Gasteiger charge is 2.38. The molecule has 3 aromatic carbocycles. The van der Waals surface area contributed by atoms with Crippen LogP contribution in [-0.2, 0) is 12.2 Å². The Balaban J connectivity index is 1.89. The molecule has 3 aromatic rings. The first-order valence-electron chi connectivity index (χ1n) is 8.27. The van der Waals surface area contributed by atoms with Crippen molar-refractivity contribution >= 4 is 10.2 Å². The highest BCUT2D eigenvalue weighted by molar-refractivity contribution is 6.08. The van der Waals surface area contributed by atoms with Gasteiger partial charge in [0.05, 0.1) is 5.56 Å². The lowest BCUT2D eigenvalue weighted by Gasteiger charge is -2.19. The lowest BCUT2D eigenvalue weighted by atomic mass is 10.0. The van der Waals surface area contributed by atoms with Crippen molar-refractivity contribution < 1.29 is 26.7 Å². The van der Waals surface area contributed by atoms with E-state index in [2.05, 4.69) is 15.0 Å². The van der Waals surface area contributed by atoms with Crippen LogP contribution in [0.5, 0.6) is 5.75 Å². The smallest absolute Gasteiger partial charge is 0.429 e. The number of hydrogen-bond acceptors (Lipinski definition) is 1. The highest BCUT2D eigenvalue weighted by atomic mass is 28.1. The van der Waals surface area contributed by atoms with Crippen LogP contribution in [0, 0.1) is 24.4 Å². The fourth-order valence-corrected chi connectivity index (χ4v) is 2.87. The van der Waals surface area contributed by atoms with Gasteiger partial charge in [-0.3, -0.25) is 0 Å². The van der Waals surface area contributed by atoms with Gasteiger partial charge in [-0.15, -0.1) is 0 Å². The zero-order valence-corrected chi connectivity index (χ0v) is 15.7. The molecule has 1 nitrogen and oxygen atoms in total. The van der Waals surface area contributed by atoms with Gasteiger partial charge in [0.15, 0.2) is 0 Å². The predicted octanol–water partition coefficient (Wildman–Crippen LogP) is 5.88. The third kappa shape index (κ3) is 4.09. The topological polar surface area (TPSA) is 9.23 Å². The molecule has 3 radical (unpaired) electrons. The number of benzene rings is 3. The van der Waals surface area contributed by atoms with Crippen LogP contribution in [0.4, 0.5) is 22.0 Å². The van der Waals surface area contributed by atoms with E-state index in [1.165, 1.54) is 6.07 Å². The molecule has 0 aliphatic heterocycles. The summed E-state index contributed by atoms with van der Waals surface area (Å²) in [7, 11) is 3.37. The third-order valence-corrected chi connectivity index (χ3v) is 4.68. The van der Waals surface area contributed by atoms with Crippen LogP contribution < -0.4 is 4.74 Å². The Bertz CT molecular complexity index is 979. The van der Waals surface area contributed by atoms with Crippen molar-refractivity contribution in [1.29, 1.82) is 0 Å². The van der Waals surface area contributed by atoms with Crippen LogP contribution in [0.2, 0.25) is 0 Å². The van der Waals surface area contributed by atoms with Crippen molar-refractivity contribution in [2.24, 2.45) is 0 Å². The number of alkyl halides is 2. The summed E-state index contributed by atoms with van der Waals surface area (Å²) in [5, 5.41) is 0. The number of ether oxygens (including phenoxy) is 1. The van der Waals surface area contributed by atoms with E-state index in [1.54, 1.807) is 12.1 Å². The number of rotatable bonds is 5. The zero-order valence-electron chi connectivity index (χ0n) is 14.7. The van der Waals surface area contributed by atoms with Crippen LogP contribution in [-0.4, -0.2) is 10.2 Å². The molecule has 0 saturated heterocycles. The Morgan fingerprint density at radius 1 is 0.821 bits per heavy atom. The van der Waals surface area contributed by atoms with Gasteiger partial charge in [0.2, 0.25) is 0 Å². The summed E-state index contributed by atoms with van der Waals surface area (Å²) < 4.78 is 74.7. The molecule has 0 atom stereocenters. The summed E-state index contributed by atoms with van der Waals surface area (Å²) >= 11 is 0. The van der Waals surface area contributed by atoms with Crippen molar-refractivity contribution in [3.63, 3.8) is 0 Å². The van der Waals surface area contributed by atoms with Gasteiger partial charge in [-0.25, -0.2) is 13.2 Å². The highest BCUT2D eigenvalue weighted by Crippen LogP contribution is 2.35. The molecule has 0 aliphatic carbocycles. The lowest BCUT2D eigenvalue weighted by Crippen LogP contribution is -2.23. The maximum Gasteiger partial charge on any atom is 0.429 e. The molecule has 0 aromatic heterocycles. The van der Waals surface area contributed by atoms with E-state index >= 15 is 0 Å². The van der Waals surface area contributed by atoms with Gasteiger partial charge >= 0.3 is 6.11 Å². The molecule has 0 bridgehead atoms. The average Bonchev–Trinajstić information content (AvgIpc) is 2.65. The zero-order chi connectivity index (χ0) is 20.5. The summed E-state index contributed by atoms with van der Waals surface area (Å²) in [6.45, 7) is 1.16. The summed E-state index contributed by atoms with van der Waals surface area (Å²) in [5.41, 5.74) is 0.715. The largest absolute Gasteiger partial charge is 0.429 e. The van der Waals surface area contributed by atoms with E-state index in [0.717, 1.165) is 24.6 Å². The van der Waals surface area contributed by atoms with Gasteiger partial charge in [0, 0.05) is 27.9 Å². The Hall–Kier alpha value is -2.67. The Morgan fingerprint density at radius 2 is 1.39 bits per heavy atom. The monoisotopic (exact) mass is 405 g/mol. The number of halogens is 5. The van der Waals surface area contributed by atoms with E-state index in [1.807, 2.05) is 12.1 Å². The molecule has 7 heteroatoms. The molecular weight excluding hydrogens is 391 g/mol. The Morgan fingerprint density at radius 3 is 1.93 bits per heavy atom. The molecule has 3 rings (SSSR count). The van der Waals surface area contributed by atoms with Crippen molar-refractivity contribution in [1.82, 2.24) is 0 Å². The van der Waals surface area contributed by atoms with E-state index < -0.39 is 34.9 Å². The molecule has 0 aliphatic rings. The fraction of sp³-hybridized carbons (Fsp3) is 0.143. The summed E-state index contributed by atoms with van der Waals surface area (Å²) in [6, 6.07) is 12.2. The van der Waals surface area contributed by atoms with Crippen LogP contribution in [0.1, 0.15) is 16.7 Å². The van der Waals surface area contributed by atoms with Gasteiger partial charge in [-0.05, 0) is 36.2 Å². The van der Waals surface area contributed by atoms with E-state index in [-0.39, 0.29) is 5.56 Å². The maximum absolute atomic E-state index is 14.4. The fourth-order valence-electron chi connectivity index (χ4n) is 2.63. The molecule has 143 valence electrons. The van der Waals surface area contributed by atoms with Crippen molar-refractivity contribution in [3.05, 3.63) is 88.7 Å². The summed E-state index contributed by atoms with van der Waals surface area (Å²) in [6.07, 6.45) is -4.11. The second-order valence-corrected chi connectivity index (χ2v) is 6.55. The molecule has 0 fully saturated rings. The molecule has 0 amide bonds. The first kappa shape index (κ1) is 20.1. The molecule has 28 heavy (non-hydrogen) atoms. The second kappa shape index (κ2) is 7.75. The van der Waals surface area contributed by atoms with Crippen molar-refractivity contribution in [2.75, 3.05) is 0 Å². The Kier molecular flexibility index (Phi) is 5.56. The van der Waals surface area contributed by atoms with Crippen molar-refractivity contribution in [3.8, 4) is 16.9 Å². The van der Waals surface area contributed by atoms with Gasteiger partial charge in [-0.2, -0.15) is 8.78 Å². The molecule has 0 spiro atoms. The SMILES string of the molecule is Cc1c(F)cc(OC(F)(F)c2ccc(-c3ccc(C[Si])cc3)cc2F)cc1F. The molecule has 0 heterocycles. The van der Waals surface area contributed by atoms with E-state index in [0.29, 0.717) is 29.3 Å². The quantitative estimate of drug-likeness (QED) is 0.381. The molecule has 0 unspecified atom stereocenters. The summed E-state index contributed by atoms with van der Waals surface area (Å²) in [5.74, 6) is -4.00. The van der Waals surface area contributed by atoms with Crippen LogP contribution in [0.3, 0.4) is 0 Å². The van der Waals surface area contributed by atoms with Crippen molar-refractivity contribution in [2.45, 2.75) is 19.1 Å². The lowest BCUT2D eigenvalue weighted by molar-refractivity contribution is -0.187. The van der Waals surface area contributed by atoms with Gasteiger partial charge in [0.1, 0.15) is 23.2 Å². The average molecular weight is 405 g/mol. The first-order chi connectivity index (χ1) is 13.2. The van der Waals surface area contributed by atoms with Crippen LogP contribution in [0.25, 0.3) is 11.1 Å². The van der Waals surface area contributed by atoms with Gasteiger partial charge < -0.3 is 4.74 Å². The normalized spacial score (nSPS) is 11.5. The van der Waals surface area contributed by atoms with E-state index in [4.69, 9.17) is 0 Å². The minimum Gasteiger partial charge on any atom is -0.429 e. The van der Waals surface area contributed by atoms with Gasteiger partial charge in [-0.1, -0.05) is 35.9 Å². The standard InChI is InChI=1S/C21H14F5OSi/c1-12-18(22)9-16(10-19(12)23)27-21(25,26)17-7-6-15(8-20(17)24)14-4-2-13(11-28)3-5-14/h2-10H,11H2,1H3. The molecular formula is C21H14F5OSi. The summed E-state index contributed by atoms with van der Waals surface area (Å²) in [4.78, 5) is 0. The van der Waals surface area contributed by atoms with Gasteiger partial charge in [0.25, 0.3) is 0 Å². The predicted molar refractivity (Wildman–Crippen MR) is 96.9 cm³/mol. The molecule has 0 N–H and O–H groups in total. The molecule has 0 saturated carbocycles. The van der Waals surface area contributed by atoms with E-state index in [9.17, 15) is 22.0 Å². The van der Waals surface area contributed by atoms with Crippen LogP contribution >= 0.6 is 0 Å². The first-order valence-corrected chi connectivity index (χ1v) is 8.98. The Labute approximate surface area is 162 Å². The maximum atomic E-state index is 14.4.